The number of halogens is 1. The minimum atomic E-state index is -1.15. The van der Waals surface area contributed by atoms with E-state index in [9.17, 15) is 19.7 Å². The maximum atomic E-state index is 12.4. The van der Waals surface area contributed by atoms with Crippen molar-refractivity contribution in [2.45, 2.75) is 20.0 Å². The number of rotatable bonds is 6. The third-order valence-electron chi connectivity index (χ3n) is 3.72. The lowest BCUT2D eigenvalue weighted by Gasteiger charge is -2.15. The summed E-state index contributed by atoms with van der Waals surface area (Å²) in [5, 5.41) is 14.0. The van der Waals surface area contributed by atoms with Crippen molar-refractivity contribution in [3.8, 4) is 5.75 Å². The molecule has 0 bridgehead atoms. The molecule has 0 spiro atoms. The fourth-order valence-corrected chi connectivity index (χ4v) is 2.38. The molecule has 9 heteroatoms. The molecule has 2 aromatic carbocycles. The number of methoxy groups -OCH3 is 1. The molecular formula is C18H17ClN2O6. The summed E-state index contributed by atoms with van der Waals surface area (Å²) < 4.78 is 10.2. The average molecular weight is 393 g/mol. The number of anilines is 1. The Hall–Kier alpha value is -3.13. The molecule has 0 radical (unpaired) electrons. The number of benzene rings is 2. The minimum absolute atomic E-state index is 0.101. The molecule has 0 unspecified atom stereocenters. The molecule has 0 aliphatic carbocycles. The van der Waals surface area contributed by atoms with Crippen LogP contribution in [0.2, 0.25) is 5.02 Å². The van der Waals surface area contributed by atoms with Gasteiger partial charge in [-0.3, -0.25) is 14.9 Å². The number of ether oxygens (including phenoxy) is 2. The summed E-state index contributed by atoms with van der Waals surface area (Å²) in [6.45, 7) is 3.17. The molecule has 8 nitrogen and oxygen atoms in total. The SMILES string of the molecule is COc1ccc([N+](=O)[O-])cc1C(=O)O[C@H](C)C(=O)Nc1cc(Cl)ccc1C. The first-order valence-corrected chi connectivity index (χ1v) is 8.21. The number of hydrogen-bond acceptors (Lipinski definition) is 6. The Bertz CT molecular complexity index is 899. The Balaban J connectivity index is 2.15. The zero-order chi connectivity index (χ0) is 20.1. The molecule has 27 heavy (non-hydrogen) atoms. The Morgan fingerprint density at radius 1 is 1.22 bits per heavy atom. The van der Waals surface area contributed by atoms with Crippen molar-refractivity contribution in [1.29, 1.82) is 0 Å². The van der Waals surface area contributed by atoms with Crippen LogP contribution in [0.25, 0.3) is 0 Å². The summed E-state index contributed by atoms with van der Waals surface area (Å²) in [4.78, 5) is 34.9. The predicted octanol–water partition coefficient (Wildman–Crippen LogP) is 3.75. The molecule has 142 valence electrons. The molecule has 2 rings (SSSR count). The van der Waals surface area contributed by atoms with Crippen LogP contribution in [-0.2, 0) is 9.53 Å². The number of nitrogens with one attached hydrogen (secondary N) is 1. The van der Waals surface area contributed by atoms with E-state index < -0.39 is 22.9 Å². The summed E-state index contributed by atoms with van der Waals surface area (Å²) in [5.41, 5.74) is 0.828. The molecular weight excluding hydrogens is 376 g/mol. The number of amides is 1. The lowest BCUT2D eigenvalue weighted by Crippen LogP contribution is -2.30. The van der Waals surface area contributed by atoms with Gasteiger partial charge in [0.25, 0.3) is 11.6 Å². The monoisotopic (exact) mass is 392 g/mol. The smallest absolute Gasteiger partial charge is 0.342 e. The molecule has 0 aliphatic rings. The van der Waals surface area contributed by atoms with E-state index in [0.717, 1.165) is 11.6 Å². The van der Waals surface area contributed by atoms with E-state index in [-0.39, 0.29) is 17.0 Å². The van der Waals surface area contributed by atoms with Gasteiger partial charge in [0.15, 0.2) is 6.10 Å². The maximum Gasteiger partial charge on any atom is 0.342 e. The van der Waals surface area contributed by atoms with Gasteiger partial charge in [0.2, 0.25) is 0 Å². The van der Waals surface area contributed by atoms with Gasteiger partial charge in [-0.05, 0) is 37.6 Å². The Morgan fingerprint density at radius 3 is 2.56 bits per heavy atom. The van der Waals surface area contributed by atoms with Crippen molar-refractivity contribution < 1.29 is 24.0 Å². The van der Waals surface area contributed by atoms with Gasteiger partial charge in [0.05, 0.1) is 12.0 Å². The normalized spacial score (nSPS) is 11.4. The van der Waals surface area contributed by atoms with Crippen molar-refractivity contribution in [2.24, 2.45) is 0 Å². The number of nitro groups is 1. The van der Waals surface area contributed by atoms with Crippen LogP contribution in [0.4, 0.5) is 11.4 Å². The van der Waals surface area contributed by atoms with E-state index in [1.54, 1.807) is 25.1 Å². The van der Waals surface area contributed by atoms with Gasteiger partial charge in [0.1, 0.15) is 11.3 Å². The second kappa shape index (κ2) is 8.50. The summed E-state index contributed by atoms with van der Waals surface area (Å²) in [7, 11) is 1.32. The average Bonchev–Trinajstić information content (AvgIpc) is 2.63. The summed E-state index contributed by atoms with van der Waals surface area (Å²) in [6, 6.07) is 8.52. The Labute approximate surface area is 160 Å². The lowest BCUT2D eigenvalue weighted by atomic mass is 10.1. The molecule has 0 saturated carbocycles. The highest BCUT2D eigenvalue weighted by Crippen LogP contribution is 2.25. The van der Waals surface area contributed by atoms with Crippen LogP contribution in [0.15, 0.2) is 36.4 Å². The first-order valence-electron chi connectivity index (χ1n) is 7.83. The standard InChI is InChI=1S/C18H17ClN2O6/c1-10-4-5-12(19)8-15(10)20-17(22)11(2)27-18(23)14-9-13(21(24)25)6-7-16(14)26-3/h4-9,11H,1-3H3,(H,20,22)/t11-/m1/s1. The number of nitrogens with zero attached hydrogens (tertiary/aromatic N) is 1. The third kappa shape index (κ3) is 4.95. The second-order valence-electron chi connectivity index (χ2n) is 5.64. The van der Waals surface area contributed by atoms with Gasteiger partial charge in [-0.1, -0.05) is 17.7 Å². The lowest BCUT2D eigenvalue weighted by molar-refractivity contribution is -0.384. The number of hydrogen-bond donors (Lipinski definition) is 1. The summed E-state index contributed by atoms with van der Waals surface area (Å²) in [5.74, 6) is -1.39. The number of aryl methyl sites for hydroxylation is 1. The zero-order valence-electron chi connectivity index (χ0n) is 14.8. The number of carbonyl (C=O) groups is 2. The van der Waals surface area contributed by atoms with E-state index in [1.807, 2.05) is 0 Å². The molecule has 1 amide bonds. The zero-order valence-corrected chi connectivity index (χ0v) is 15.6. The molecule has 0 saturated heterocycles. The van der Waals surface area contributed by atoms with Crippen LogP contribution in [0.1, 0.15) is 22.8 Å². The van der Waals surface area contributed by atoms with Crippen LogP contribution < -0.4 is 10.1 Å². The van der Waals surface area contributed by atoms with Crippen LogP contribution in [-0.4, -0.2) is 30.0 Å². The van der Waals surface area contributed by atoms with Crippen LogP contribution >= 0.6 is 11.6 Å². The van der Waals surface area contributed by atoms with E-state index >= 15 is 0 Å². The van der Waals surface area contributed by atoms with Crippen molar-refractivity contribution in [1.82, 2.24) is 0 Å². The minimum Gasteiger partial charge on any atom is -0.496 e. The van der Waals surface area contributed by atoms with Crippen LogP contribution in [0.3, 0.4) is 0 Å². The van der Waals surface area contributed by atoms with E-state index in [0.29, 0.717) is 10.7 Å². The van der Waals surface area contributed by atoms with Gasteiger partial charge in [-0.15, -0.1) is 0 Å². The van der Waals surface area contributed by atoms with Crippen LogP contribution in [0, 0.1) is 17.0 Å². The number of nitro benzene ring substituents is 1. The highest BCUT2D eigenvalue weighted by molar-refractivity contribution is 6.31. The molecule has 1 N–H and O–H groups in total. The fraction of sp³-hybridized carbons (Fsp3) is 0.222. The molecule has 2 aromatic rings. The molecule has 0 heterocycles. The van der Waals surface area contributed by atoms with Gasteiger partial charge < -0.3 is 14.8 Å². The van der Waals surface area contributed by atoms with Gasteiger partial charge in [-0.2, -0.15) is 0 Å². The third-order valence-corrected chi connectivity index (χ3v) is 3.96. The largest absolute Gasteiger partial charge is 0.496 e. The Kier molecular flexibility index (Phi) is 6.36. The quantitative estimate of drug-likeness (QED) is 0.455. The van der Waals surface area contributed by atoms with Crippen molar-refractivity contribution >= 4 is 34.9 Å². The second-order valence-corrected chi connectivity index (χ2v) is 6.07. The summed E-state index contributed by atoms with van der Waals surface area (Å²) in [6.07, 6.45) is -1.15. The van der Waals surface area contributed by atoms with Crippen molar-refractivity contribution in [3.05, 3.63) is 62.7 Å². The number of carbonyl (C=O) groups excluding carboxylic acids is 2. The van der Waals surface area contributed by atoms with Gasteiger partial charge in [-0.25, -0.2) is 4.79 Å². The van der Waals surface area contributed by atoms with Crippen molar-refractivity contribution in [2.75, 3.05) is 12.4 Å². The first kappa shape index (κ1) is 20.2. The van der Waals surface area contributed by atoms with Crippen molar-refractivity contribution in [3.63, 3.8) is 0 Å². The predicted molar refractivity (Wildman–Crippen MR) is 99.3 cm³/mol. The molecule has 0 aromatic heterocycles. The van der Waals surface area contributed by atoms with E-state index in [4.69, 9.17) is 21.1 Å². The molecule has 1 atom stereocenters. The number of esters is 1. The van der Waals surface area contributed by atoms with Crippen LogP contribution in [0.5, 0.6) is 5.75 Å². The highest BCUT2D eigenvalue weighted by Gasteiger charge is 2.24. The maximum absolute atomic E-state index is 12.4. The van der Waals surface area contributed by atoms with Gasteiger partial charge in [0, 0.05) is 22.8 Å². The highest BCUT2D eigenvalue weighted by atomic mass is 35.5. The topological polar surface area (TPSA) is 108 Å². The van der Waals surface area contributed by atoms with E-state index in [1.165, 1.54) is 26.2 Å². The van der Waals surface area contributed by atoms with Gasteiger partial charge >= 0.3 is 5.97 Å². The first-order chi connectivity index (χ1) is 12.7. The molecule has 0 fully saturated rings. The summed E-state index contributed by atoms with van der Waals surface area (Å²) >= 11 is 5.91. The Morgan fingerprint density at radius 2 is 1.93 bits per heavy atom. The van der Waals surface area contributed by atoms with E-state index in [2.05, 4.69) is 5.32 Å². The number of non-ortho nitro benzene ring substituents is 1. The molecule has 0 aliphatic heterocycles. The fourth-order valence-electron chi connectivity index (χ4n) is 2.21.